The molecule has 0 aromatic heterocycles. The van der Waals surface area contributed by atoms with E-state index in [0.717, 1.165) is 19.4 Å². The molecule has 2 aliphatic rings. The minimum absolute atomic E-state index is 0. The number of hydrogen-bond acceptors (Lipinski definition) is 3. The molecule has 1 heterocycles. The molecule has 3 atom stereocenters. The van der Waals surface area contributed by atoms with Gasteiger partial charge in [0.25, 0.3) is 0 Å². The number of carbonyl (C=O) groups is 1. The van der Waals surface area contributed by atoms with Crippen LogP contribution >= 0.6 is 24.0 Å². The predicted octanol–water partition coefficient (Wildman–Crippen LogP) is 3.23. The molecule has 1 aromatic rings. The van der Waals surface area contributed by atoms with E-state index in [-0.39, 0.29) is 35.8 Å². The third-order valence-electron chi connectivity index (χ3n) is 5.18. The molecule has 6 heteroatoms. The number of amides is 1. The number of rotatable bonds is 2. The van der Waals surface area contributed by atoms with Gasteiger partial charge in [0.2, 0.25) is 5.91 Å². The molecule has 1 amide bonds. The van der Waals surface area contributed by atoms with Gasteiger partial charge in [-0.1, -0.05) is 37.6 Å². The van der Waals surface area contributed by atoms with Gasteiger partial charge in [-0.05, 0) is 25.0 Å². The summed E-state index contributed by atoms with van der Waals surface area (Å²) in [6.07, 6.45) is 1.95. The Morgan fingerprint density at radius 3 is 2.77 bits per heavy atom. The summed E-state index contributed by atoms with van der Waals surface area (Å²) in [4.78, 5) is 12.8. The molecule has 0 radical (unpaired) electrons. The minimum Gasteiger partial charge on any atom is -0.377 e. The molecule has 1 saturated carbocycles. The average molecular weight is 345 g/mol. The van der Waals surface area contributed by atoms with Crippen molar-refractivity contribution >= 4 is 35.6 Å². The van der Waals surface area contributed by atoms with Crippen LogP contribution in [0.4, 0.5) is 5.69 Å². The number of nitrogens with one attached hydrogen (secondary N) is 1. The summed E-state index contributed by atoms with van der Waals surface area (Å²) in [6, 6.07) is 7.19. The Hall–Kier alpha value is -0.810. The average Bonchev–Trinajstić information content (AvgIpc) is 2.48. The zero-order valence-corrected chi connectivity index (χ0v) is 14.3. The Morgan fingerprint density at radius 1 is 1.41 bits per heavy atom. The van der Waals surface area contributed by atoms with Gasteiger partial charge in [-0.2, -0.15) is 0 Å². The largest absolute Gasteiger partial charge is 0.377 e. The smallest absolute Gasteiger partial charge is 0.245 e. The van der Waals surface area contributed by atoms with E-state index in [0.29, 0.717) is 10.7 Å². The third-order valence-corrected chi connectivity index (χ3v) is 5.51. The number of nitrogens with two attached hydrogens (primary N) is 1. The lowest BCUT2D eigenvalue weighted by Gasteiger charge is -2.65. The fraction of sp³-hybridized carbons (Fsp3) is 0.562. The van der Waals surface area contributed by atoms with Crippen molar-refractivity contribution in [1.29, 1.82) is 0 Å². The van der Waals surface area contributed by atoms with Gasteiger partial charge >= 0.3 is 0 Å². The van der Waals surface area contributed by atoms with Crippen LogP contribution in [0.1, 0.15) is 26.7 Å². The van der Waals surface area contributed by atoms with Crippen LogP contribution in [0.3, 0.4) is 0 Å². The Morgan fingerprint density at radius 2 is 2.09 bits per heavy atom. The van der Waals surface area contributed by atoms with E-state index in [9.17, 15) is 4.79 Å². The zero-order chi connectivity index (χ0) is 15.3. The van der Waals surface area contributed by atoms with Crippen molar-refractivity contribution in [1.82, 2.24) is 0 Å². The van der Waals surface area contributed by atoms with Gasteiger partial charge in [0, 0.05) is 17.9 Å². The lowest BCUT2D eigenvalue weighted by atomic mass is 9.46. The molecule has 2 fully saturated rings. The molecule has 122 valence electrons. The molecule has 4 nitrogen and oxygen atoms in total. The highest BCUT2D eigenvalue weighted by molar-refractivity contribution is 6.33. The Kier molecular flexibility index (Phi) is 4.79. The highest BCUT2D eigenvalue weighted by atomic mass is 35.5. The molecule has 1 aliphatic heterocycles. The predicted molar refractivity (Wildman–Crippen MR) is 90.5 cm³/mol. The summed E-state index contributed by atoms with van der Waals surface area (Å²) >= 11 is 6.11. The van der Waals surface area contributed by atoms with Crippen molar-refractivity contribution in [3.63, 3.8) is 0 Å². The monoisotopic (exact) mass is 344 g/mol. The molecule has 22 heavy (non-hydrogen) atoms. The van der Waals surface area contributed by atoms with Crippen molar-refractivity contribution in [3.8, 4) is 0 Å². The normalized spacial score (nSPS) is 32.2. The zero-order valence-electron chi connectivity index (χ0n) is 12.8. The first kappa shape index (κ1) is 17.5. The number of hydrogen-bond donors (Lipinski definition) is 2. The summed E-state index contributed by atoms with van der Waals surface area (Å²) in [5, 5.41) is 3.41. The van der Waals surface area contributed by atoms with Gasteiger partial charge in [0.05, 0.1) is 16.8 Å². The Balaban J connectivity index is 0.00000176. The van der Waals surface area contributed by atoms with Gasteiger partial charge in [0.15, 0.2) is 0 Å². The molecular weight excluding hydrogens is 323 g/mol. The molecule has 3 rings (SSSR count). The van der Waals surface area contributed by atoms with Crippen LogP contribution in [0, 0.1) is 11.3 Å². The van der Waals surface area contributed by atoms with E-state index in [1.54, 1.807) is 12.1 Å². The summed E-state index contributed by atoms with van der Waals surface area (Å²) in [5.74, 6) is -0.101. The SMILES string of the molecule is CC1(C)C2OCCCC2C1(N)C(=O)Nc1ccccc1Cl.Cl. The van der Waals surface area contributed by atoms with Gasteiger partial charge in [-0.25, -0.2) is 0 Å². The van der Waals surface area contributed by atoms with Crippen LogP contribution in [0.2, 0.25) is 5.02 Å². The number of halogens is 2. The quantitative estimate of drug-likeness (QED) is 0.865. The van der Waals surface area contributed by atoms with Crippen LogP contribution in [-0.4, -0.2) is 24.2 Å². The second-order valence-corrected chi connectivity index (χ2v) is 6.97. The fourth-order valence-corrected chi connectivity index (χ4v) is 4.01. The highest BCUT2D eigenvalue weighted by Crippen LogP contribution is 2.57. The van der Waals surface area contributed by atoms with E-state index in [1.807, 2.05) is 26.0 Å². The van der Waals surface area contributed by atoms with Gasteiger partial charge in [-0.3, -0.25) is 4.79 Å². The van der Waals surface area contributed by atoms with Crippen molar-refractivity contribution in [2.24, 2.45) is 17.1 Å². The maximum absolute atomic E-state index is 12.8. The topological polar surface area (TPSA) is 64.3 Å². The molecule has 0 bridgehead atoms. The molecule has 3 N–H and O–H groups in total. The van der Waals surface area contributed by atoms with Crippen LogP contribution in [0.5, 0.6) is 0 Å². The van der Waals surface area contributed by atoms with E-state index >= 15 is 0 Å². The third kappa shape index (κ3) is 2.33. The maximum atomic E-state index is 12.8. The first-order chi connectivity index (χ1) is 9.89. The first-order valence-electron chi connectivity index (χ1n) is 7.35. The van der Waals surface area contributed by atoms with E-state index in [2.05, 4.69) is 5.32 Å². The Bertz CT molecular complexity index is 579. The van der Waals surface area contributed by atoms with E-state index in [4.69, 9.17) is 22.1 Å². The van der Waals surface area contributed by atoms with E-state index < -0.39 is 5.54 Å². The lowest BCUT2D eigenvalue weighted by Crippen LogP contribution is -2.81. The Labute approximate surface area is 142 Å². The van der Waals surface area contributed by atoms with Crippen LogP contribution in [0.15, 0.2) is 24.3 Å². The number of carbonyl (C=O) groups excluding carboxylic acids is 1. The van der Waals surface area contributed by atoms with Crippen molar-refractivity contribution in [2.75, 3.05) is 11.9 Å². The molecule has 0 spiro atoms. The number of para-hydroxylation sites is 1. The maximum Gasteiger partial charge on any atom is 0.245 e. The summed E-state index contributed by atoms with van der Waals surface area (Å²) in [5.41, 5.74) is 5.84. The molecule has 1 aromatic carbocycles. The highest BCUT2D eigenvalue weighted by Gasteiger charge is 2.70. The lowest BCUT2D eigenvalue weighted by molar-refractivity contribution is -0.222. The molecule has 1 saturated heterocycles. The van der Waals surface area contributed by atoms with Gasteiger partial charge in [-0.15, -0.1) is 12.4 Å². The van der Waals surface area contributed by atoms with Crippen molar-refractivity contribution in [3.05, 3.63) is 29.3 Å². The van der Waals surface area contributed by atoms with Crippen molar-refractivity contribution in [2.45, 2.75) is 38.3 Å². The molecule has 3 unspecified atom stereocenters. The molecule has 1 aliphatic carbocycles. The minimum atomic E-state index is -0.919. The number of ether oxygens (including phenoxy) is 1. The number of fused-ring (bicyclic) bond motifs is 1. The van der Waals surface area contributed by atoms with Crippen molar-refractivity contribution < 1.29 is 9.53 Å². The van der Waals surface area contributed by atoms with Crippen LogP contribution in [0.25, 0.3) is 0 Å². The van der Waals surface area contributed by atoms with Crippen LogP contribution < -0.4 is 11.1 Å². The molecular formula is C16H22Cl2N2O2. The van der Waals surface area contributed by atoms with E-state index in [1.165, 1.54) is 0 Å². The fourth-order valence-electron chi connectivity index (χ4n) is 3.83. The van der Waals surface area contributed by atoms with Gasteiger partial charge < -0.3 is 15.8 Å². The second-order valence-electron chi connectivity index (χ2n) is 6.56. The van der Waals surface area contributed by atoms with Gasteiger partial charge in [0.1, 0.15) is 5.54 Å². The second kappa shape index (κ2) is 6.00. The summed E-state index contributed by atoms with van der Waals surface area (Å²) in [6.45, 7) is 4.77. The standard InChI is InChI=1S/C16H21ClN2O2.ClH/c1-15(2)13-10(6-5-9-21-13)16(15,18)14(20)19-12-8-4-3-7-11(12)17;/h3-4,7-8,10,13H,5-6,9,18H2,1-2H3,(H,19,20);1H. The summed E-state index contributed by atoms with van der Waals surface area (Å²) in [7, 11) is 0. The number of benzene rings is 1. The van der Waals surface area contributed by atoms with Crippen LogP contribution in [-0.2, 0) is 9.53 Å². The number of anilines is 1. The summed E-state index contributed by atoms with van der Waals surface area (Å²) < 4.78 is 5.83. The first-order valence-corrected chi connectivity index (χ1v) is 7.73.